The van der Waals surface area contributed by atoms with Gasteiger partial charge in [0, 0.05) is 13.2 Å². The Morgan fingerprint density at radius 2 is 1.79 bits per heavy atom. The molecule has 0 radical (unpaired) electrons. The number of carbonyl (C=O) groups is 2. The topological polar surface area (TPSA) is 55.8 Å². The lowest BCUT2D eigenvalue weighted by Gasteiger charge is -2.40. The Labute approximate surface area is 148 Å². The monoisotopic (exact) mass is 357 g/mol. The zero-order valence-electron chi connectivity index (χ0n) is 16.6. The van der Waals surface area contributed by atoms with Gasteiger partial charge in [-0.15, -0.1) is 0 Å². The highest BCUT2D eigenvalue weighted by molar-refractivity contribution is 6.74. The van der Waals surface area contributed by atoms with Gasteiger partial charge in [-0.2, -0.15) is 0 Å². The standard InChI is InChI=1S/C18H35NO4Si/c1-17(2,3)23-16(21)19-10-9-14(11-15(19)12-20)13-22-24(7,8)18(4,5)6/h12,14-15H,9-11,13H2,1-8H3/t14-,15-/m0/s1. The van der Waals surface area contributed by atoms with Crippen molar-refractivity contribution >= 4 is 20.7 Å². The largest absolute Gasteiger partial charge is 0.444 e. The van der Waals surface area contributed by atoms with Crippen molar-refractivity contribution in [3.63, 3.8) is 0 Å². The van der Waals surface area contributed by atoms with Crippen LogP contribution in [0.1, 0.15) is 54.4 Å². The minimum Gasteiger partial charge on any atom is -0.444 e. The van der Waals surface area contributed by atoms with Crippen molar-refractivity contribution in [1.82, 2.24) is 4.90 Å². The molecule has 1 fully saturated rings. The molecule has 1 saturated heterocycles. The average molecular weight is 358 g/mol. The van der Waals surface area contributed by atoms with E-state index in [1.165, 1.54) is 0 Å². The molecule has 5 nitrogen and oxygen atoms in total. The number of likely N-dealkylation sites (tertiary alicyclic amines) is 1. The maximum atomic E-state index is 12.3. The van der Waals surface area contributed by atoms with E-state index in [9.17, 15) is 9.59 Å². The molecule has 1 aliphatic heterocycles. The molecule has 1 aliphatic rings. The number of ether oxygens (including phenoxy) is 1. The summed E-state index contributed by atoms with van der Waals surface area (Å²) in [7, 11) is -1.79. The molecule has 0 aromatic rings. The molecule has 0 N–H and O–H groups in total. The fraction of sp³-hybridized carbons (Fsp3) is 0.889. The lowest BCUT2D eigenvalue weighted by Crippen LogP contribution is -2.50. The zero-order chi connectivity index (χ0) is 18.8. The Hall–Kier alpha value is -0.883. The van der Waals surface area contributed by atoms with E-state index in [1.807, 2.05) is 20.8 Å². The van der Waals surface area contributed by atoms with E-state index in [4.69, 9.17) is 9.16 Å². The van der Waals surface area contributed by atoms with Crippen molar-refractivity contribution in [2.24, 2.45) is 5.92 Å². The molecule has 140 valence electrons. The summed E-state index contributed by atoms with van der Waals surface area (Å²) in [5.74, 6) is 0.313. The highest BCUT2D eigenvalue weighted by Crippen LogP contribution is 2.37. The highest BCUT2D eigenvalue weighted by atomic mass is 28.4. The van der Waals surface area contributed by atoms with Gasteiger partial charge in [0.05, 0.1) is 6.04 Å². The van der Waals surface area contributed by atoms with E-state index in [-0.39, 0.29) is 5.04 Å². The Bertz CT molecular complexity index is 451. The number of hydrogen-bond acceptors (Lipinski definition) is 4. The van der Waals surface area contributed by atoms with Gasteiger partial charge >= 0.3 is 6.09 Å². The van der Waals surface area contributed by atoms with Crippen LogP contribution in [0.4, 0.5) is 4.79 Å². The molecule has 0 spiro atoms. The molecule has 0 unspecified atom stereocenters. The quantitative estimate of drug-likeness (QED) is 0.558. The summed E-state index contributed by atoms with van der Waals surface area (Å²) in [5, 5.41) is 0.175. The molecular formula is C18H35NO4Si. The second-order valence-electron chi connectivity index (χ2n) is 9.34. The van der Waals surface area contributed by atoms with Crippen LogP contribution in [-0.4, -0.2) is 50.4 Å². The predicted molar refractivity (Wildman–Crippen MR) is 98.7 cm³/mol. The third-order valence-corrected chi connectivity index (χ3v) is 9.53. The number of rotatable bonds is 4. The third-order valence-electron chi connectivity index (χ3n) is 5.02. The van der Waals surface area contributed by atoms with E-state index < -0.39 is 26.1 Å². The normalized spacial score (nSPS) is 23.1. The van der Waals surface area contributed by atoms with Crippen LogP contribution in [0.2, 0.25) is 18.1 Å². The maximum Gasteiger partial charge on any atom is 0.410 e. The number of carbonyl (C=O) groups excluding carboxylic acids is 2. The number of nitrogens with zero attached hydrogens (tertiary/aromatic N) is 1. The van der Waals surface area contributed by atoms with Crippen molar-refractivity contribution in [3.8, 4) is 0 Å². The van der Waals surface area contributed by atoms with Crippen LogP contribution >= 0.6 is 0 Å². The smallest absolute Gasteiger partial charge is 0.410 e. The highest BCUT2D eigenvalue weighted by Gasteiger charge is 2.39. The van der Waals surface area contributed by atoms with Gasteiger partial charge in [-0.05, 0) is 57.7 Å². The van der Waals surface area contributed by atoms with Gasteiger partial charge in [0.15, 0.2) is 8.32 Å². The van der Waals surface area contributed by atoms with Crippen molar-refractivity contribution in [1.29, 1.82) is 0 Å². The Balaban J connectivity index is 2.62. The van der Waals surface area contributed by atoms with Crippen molar-refractivity contribution in [2.75, 3.05) is 13.2 Å². The van der Waals surface area contributed by atoms with E-state index in [1.54, 1.807) is 4.90 Å². The van der Waals surface area contributed by atoms with E-state index in [0.29, 0.717) is 25.5 Å². The first kappa shape index (κ1) is 21.2. The molecule has 0 saturated carbocycles. The van der Waals surface area contributed by atoms with E-state index in [0.717, 1.165) is 12.7 Å². The lowest BCUT2D eigenvalue weighted by molar-refractivity contribution is -0.114. The van der Waals surface area contributed by atoms with Crippen LogP contribution in [0.5, 0.6) is 0 Å². The third kappa shape index (κ3) is 5.88. The van der Waals surface area contributed by atoms with Crippen LogP contribution in [0.25, 0.3) is 0 Å². The van der Waals surface area contributed by atoms with Gasteiger partial charge < -0.3 is 14.0 Å². The number of amides is 1. The zero-order valence-corrected chi connectivity index (χ0v) is 17.6. The summed E-state index contributed by atoms with van der Waals surface area (Å²) in [6.07, 6.45) is 1.96. The Kier molecular flexibility index (Phi) is 6.67. The van der Waals surface area contributed by atoms with Gasteiger partial charge in [0.25, 0.3) is 0 Å². The molecule has 0 aliphatic carbocycles. The van der Waals surface area contributed by atoms with Gasteiger partial charge in [-0.3, -0.25) is 4.90 Å². The second-order valence-corrected chi connectivity index (χ2v) is 14.1. The van der Waals surface area contributed by atoms with Crippen LogP contribution < -0.4 is 0 Å². The fourth-order valence-electron chi connectivity index (χ4n) is 2.44. The maximum absolute atomic E-state index is 12.3. The van der Waals surface area contributed by atoms with Gasteiger partial charge in [0.1, 0.15) is 11.9 Å². The number of hydrogen-bond donors (Lipinski definition) is 0. The van der Waals surface area contributed by atoms with Crippen LogP contribution in [0.3, 0.4) is 0 Å². The molecular weight excluding hydrogens is 322 g/mol. The van der Waals surface area contributed by atoms with Crippen LogP contribution in [0, 0.1) is 5.92 Å². The molecule has 1 heterocycles. The molecule has 2 atom stereocenters. The summed E-state index contributed by atoms with van der Waals surface area (Å²) in [5.41, 5.74) is -0.549. The SMILES string of the molecule is CC(C)(C)OC(=O)N1CC[C@H](CO[Si](C)(C)C(C)(C)C)C[C@H]1C=O. The van der Waals surface area contributed by atoms with Crippen LogP contribution in [-0.2, 0) is 14.0 Å². The van der Waals surface area contributed by atoms with Crippen LogP contribution in [0.15, 0.2) is 0 Å². The van der Waals surface area contributed by atoms with Gasteiger partial charge in [-0.1, -0.05) is 20.8 Å². The summed E-state index contributed by atoms with van der Waals surface area (Å²) in [6.45, 7) is 17.9. The molecule has 1 amide bonds. The summed E-state index contributed by atoms with van der Waals surface area (Å²) < 4.78 is 11.7. The summed E-state index contributed by atoms with van der Waals surface area (Å²) >= 11 is 0. The fourth-order valence-corrected chi connectivity index (χ4v) is 3.53. The summed E-state index contributed by atoms with van der Waals surface area (Å²) in [4.78, 5) is 25.3. The van der Waals surface area contributed by atoms with Gasteiger partial charge in [-0.25, -0.2) is 4.79 Å². The average Bonchev–Trinajstić information content (AvgIpc) is 2.41. The molecule has 24 heavy (non-hydrogen) atoms. The number of piperidine rings is 1. The van der Waals surface area contributed by atoms with E-state index in [2.05, 4.69) is 33.9 Å². The summed E-state index contributed by atoms with van der Waals surface area (Å²) in [6, 6.07) is -0.415. The van der Waals surface area contributed by atoms with Crippen molar-refractivity contribution in [2.45, 2.75) is 84.2 Å². The minimum absolute atomic E-state index is 0.175. The second kappa shape index (κ2) is 7.56. The van der Waals surface area contributed by atoms with Gasteiger partial charge in [0.2, 0.25) is 0 Å². The first-order valence-corrected chi connectivity index (χ1v) is 11.8. The molecule has 0 aromatic heterocycles. The van der Waals surface area contributed by atoms with Crippen molar-refractivity contribution in [3.05, 3.63) is 0 Å². The molecule has 0 aromatic carbocycles. The predicted octanol–water partition coefficient (Wildman–Crippen LogP) is 4.22. The lowest BCUT2D eigenvalue weighted by atomic mass is 9.92. The number of aldehydes is 1. The minimum atomic E-state index is -1.79. The first-order valence-electron chi connectivity index (χ1n) is 8.86. The Morgan fingerprint density at radius 3 is 2.25 bits per heavy atom. The van der Waals surface area contributed by atoms with Crippen molar-refractivity contribution < 1.29 is 18.8 Å². The van der Waals surface area contributed by atoms with E-state index >= 15 is 0 Å². The Morgan fingerprint density at radius 1 is 1.21 bits per heavy atom. The molecule has 0 bridgehead atoms. The molecule has 1 rings (SSSR count). The molecule has 6 heteroatoms. The first-order chi connectivity index (χ1) is 10.8.